The number of halogens is 4. The summed E-state index contributed by atoms with van der Waals surface area (Å²) in [5, 5.41) is 0.906. The van der Waals surface area contributed by atoms with Gasteiger partial charge in [-0.3, -0.25) is 14.5 Å². The number of thioether (sulfide) groups is 1. The lowest BCUT2D eigenvalue weighted by Gasteiger charge is -2.41. The first kappa shape index (κ1) is 31.8. The minimum Gasteiger partial charge on any atom is -0.338 e. The number of hydrogen-bond donors (Lipinski definition) is 0. The van der Waals surface area contributed by atoms with Gasteiger partial charge in [-0.25, -0.2) is 18.8 Å². The van der Waals surface area contributed by atoms with Gasteiger partial charge in [0.25, 0.3) is 5.91 Å². The predicted molar refractivity (Wildman–Crippen MR) is 176 cm³/mol. The fourth-order valence-corrected chi connectivity index (χ4v) is 9.10. The molecule has 7 rings (SSSR count). The molecule has 5 heterocycles. The van der Waals surface area contributed by atoms with Gasteiger partial charge in [0, 0.05) is 49.1 Å². The number of nitrogens with zero attached hydrogens (tertiary/aromatic N) is 6. The zero-order valence-corrected chi connectivity index (χ0v) is 28.5. The highest BCUT2D eigenvalue weighted by atomic mass is 35.5. The lowest BCUT2D eigenvalue weighted by molar-refractivity contribution is -0.144. The van der Waals surface area contributed by atoms with Crippen molar-refractivity contribution in [3.63, 3.8) is 0 Å². The number of carbonyl (C=O) groups is 2. The van der Waals surface area contributed by atoms with Gasteiger partial charge in [-0.05, 0) is 68.3 Å². The Bertz CT molecular complexity index is 1670. The van der Waals surface area contributed by atoms with Crippen LogP contribution in [-0.2, 0) is 15.1 Å². The number of benzene rings is 1. The molecule has 5 aliphatic rings. The Morgan fingerprint density at radius 2 is 1.89 bits per heavy atom. The van der Waals surface area contributed by atoms with Crippen molar-refractivity contribution in [2.75, 3.05) is 33.2 Å². The van der Waals surface area contributed by atoms with Gasteiger partial charge in [0.15, 0.2) is 5.17 Å². The number of alkyl halides is 1. The Hall–Kier alpha value is -2.73. The van der Waals surface area contributed by atoms with E-state index in [1.807, 2.05) is 36.6 Å². The van der Waals surface area contributed by atoms with Crippen LogP contribution >= 0.6 is 35.0 Å². The third-order valence-electron chi connectivity index (χ3n) is 10.3. The lowest BCUT2D eigenvalue weighted by Crippen LogP contribution is -2.58. The maximum Gasteiger partial charge on any atom is 0.263 e. The van der Waals surface area contributed by atoms with Crippen LogP contribution in [0.4, 0.5) is 8.78 Å². The largest absolute Gasteiger partial charge is 0.338 e. The molecule has 2 amide bonds. The maximum absolute atomic E-state index is 15.1. The predicted octanol–water partition coefficient (Wildman–Crippen LogP) is 6.02. The summed E-state index contributed by atoms with van der Waals surface area (Å²) in [7, 11) is 2.09. The molecule has 1 spiro atoms. The quantitative estimate of drug-likeness (QED) is 0.358. The minimum absolute atomic E-state index is 0.00233. The molecule has 0 N–H and O–H groups in total. The number of amides is 2. The zero-order chi connectivity index (χ0) is 32.7. The Morgan fingerprint density at radius 3 is 2.54 bits per heavy atom. The summed E-state index contributed by atoms with van der Waals surface area (Å²) in [5.74, 6) is -1.28. The lowest BCUT2D eigenvalue weighted by atomic mass is 9.81. The van der Waals surface area contributed by atoms with Crippen LogP contribution in [0.15, 0.2) is 52.1 Å². The third kappa shape index (κ3) is 5.13. The summed E-state index contributed by atoms with van der Waals surface area (Å²) in [6.07, 6.45) is 2.43. The highest BCUT2D eigenvalue weighted by molar-refractivity contribution is 8.18. The Balaban J connectivity index is 1.26. The molecule has 0 unspecified atom stereocenters. The topological polar surface area (TPSA) is 72.4 Å². The van der Waals surface area contributed by atoms with E-state index in [0.717, 1.165) is 24.9 Å². The normalized spacial score (nSPS) is 28.8. The molecule has 1 aromatic carbocycles. The van der Waals surface area contributed by atoms with Crippen LogP contribution in [0.1, 0.15) is 57.2 Å². The summed E-state index contributed by atoms with van der Waals surface area (Å²) >= 11 is 13.4. The molecule has 4 atom stereocenters. The van der Waals surface area contributed by atoms with Crippen molar-refractivity contribution in [3.8, 4) is 0 Å². The van der Waals surface area contributed by atoms with Crippen molar-refractivity contribution in [1.29, 1.82) is 0 Å². The van der Waals surface area contributed by atoms with Crippen molar-refractivity contribution < 1.29 is 18.4 Å². The molecule has 0 radical (unpaired) electrons. The van der Waals surface area contributed by atoms with Gasteiger partial charge in [0.2, 0.25) is 5.91 Å². The van der Waals surface area contributed by atoms with Gasteiger partial charge < -0.3 is 14.7 Å². The first-order chi connectivity index (χ1) is 21.8. The molecule has 1 aromatic heterocycles. The smallest absolute Gasteiger partial charge is 0.263 e. The molecule has 3 fully saturated rings. The number of fused-ring (bicyclic) bond motifs is 1. The number of aliphatic imine (C=N–C) groups is 1. The van der Waals surface area contributed by atoms with Crippen molar-refractivity contribution in [3.05, 3.63) is 74.3 Å². The molecule has 8 nitrogen and oxygen atoms in total. The molecule has 46 heavy (non-hydrogen) atoms. The number of piperazine rings is 1. The van der Waals surface area contributed by atoms with E-state index >= 15 is 4.39 Å². The molecule has 0 bridgehead atoms. The van der Waals surface area contributed by atoms with Gasteiger partial charge in [-0.1, -0.05) is 49.2 Å². The number of carbonyl (C=O) groups excluding carboxylic acids is 2. The summed E-state index contributed by atoms with van der Waals surface area (Å²) in [5.41, 5.74) is 1.17. The highest BCUT2D eigenvalue weighted by Gasteiger charge is 2.56. The summed E-state index contributed by atoms with van der Waals surface area (Å²) in [4.78, 5) is 45.8. The third-order valence-corrected chi connectivity index (χ3v) is 11.8. The zero-order valence-electron chi connectivity index (χ0n) is 26.1. The van der Waals surface area contributed by atoms with Crippen LogP contribution in [0.25, 0.3) is 0 Å². The number of pyridine rings is 1. The SMILES string of the molecule is CC(C)C1=C(C(=O)N2C[C@H](F)C[C@@H]2C(=O)N2CCN(C)C3(CC3)C2)SC2=N[C@@](C)(c3ccc(Cl)nc3)[C@@H](c3ccc(Cl)c(F)c3)N21. The van der Waals surface area contributed by atoms with Gasteiger partial charge in [0.1, 0.15) is 33.6 Å². The van der Waals surface area contributed by atoms with Crippen LogP contribution in [0.5, 0.6) is 0 Å². The maximum atomic E-state index is 15.1. The van der Waals surface area contributed by atoms with Crippen molar-refractivity contribution >= 4 is 51.9 Å². The van der Waals surface area contributed by atoms with E-state index in [-0.39, 0.29) is 41.3 Å². The Kier molecular flexibility index (Phi) is 7.93. The number of allylic oxidation sites excluding steroid dienone is 1. The molecular formula is C33H36Cl2F2N6O2S. The molecule has 4 aliphatic heterocycles. The van der Waals surface area contributed by atoms with Crippen molar-refractivity contribution in [2.24, 2.45) is 10.9 Å². The summed E-state index contributed by atoms with van der Waals surface area (Å²) in [6, 6.07) is 6.80. The minimum atomic E-state index is -1.29. The molecule has 244 valence electrons. The van der Waals surface area contributed by atoms with E-state index in [2.05, 4.69) is 16.9 Å². The number of likely N-dealkylation sites (N-methyl/N-ethyl adjacent to an activating group) is 1. The Labute approximate surface area is 281 Å². The van der Waals surface area contributed by atoms with E-state index in [0.29, 0.717) is 39.6 Å². The number of amidine groups is 1. The van der Waals surface area contributed by atoms with Crippen LogP contribution in [0, 0.1) is 11.7 Å². The second kappa shape index (κ2) is 11.5. The second-order valence-corrected chi connectivity index (χ2v) is 15.3. The average Bonchev–Trinajstić information content (AvgIpc) is 3.38. The van der Waals surface area contributed by atoms with E-state index in [9.17, 15) is 14.0 Å². The Morgan fingerprint density at radius 1 is 1.13 bits per heavy atom. The second-order valence-electron chi connectivity index (χ2n) is 13.5. The number of likely N-dealkylation sites (tertiary alicyclic amines) is 1. The first-order valence-electron chi connectivity index (χ1n) is 15.7. The van der Waals surface area contributed by atoms with E-state index in [4.69, 9.17) is 28.2 Å². The van der Waals surface area contributed by atoms with Crippen LogP contribution < -0.4 is 0 Å². The van der Waals surface area contributed by atoms with E-state index in [1.165, 1.54) is 28.8 Å². The van der Waals surface area contributed by atoms with E-state index in [1.54, 1.807) is 18.3 Å². The van der Waals surface area contributed by atoms with Crippen LogP contribution in [-0.4, -0.2) is 92.5 Å². The number of rotatable bonds is 5. The average molecular weight is 690 g/mol. The molecule has 1 saturated carbocycles. The van der Waals surface area contributed by atoms with Gasteiger partial charge >= 0.3 is 0 Å². The van der Waals surface area contributed by atoms with Crippen LogP contribution in [0.3, 0.4) is 0 Å². The van der Waals surface area contributed by atoms with Gasteiger partial charge in [-0.15, -0.1) is 0 Å². The molecular weight excluding hydrogens is 653 g/mol. The van der Waals surface area contributed by atoms with Gasteiger partial charge in [-0.2, -0.15) is 0 Å². The fourth-order valence-electron chi connectivity index (χ4n) is 7.51. The number of hydrogen-bond acceptors (Lipinski definition) is 7. The molecule has 1 aliphatic carbocycles. The first-order valence-corrected chi connectivity index (χ1v) is 17.2. The van der Waals surface area contributed by atoms with Gasteiger partial charge in [0.05, 0.1) is 17.6 Å². The highest BCUT2D eigenvalue weighted by Crippen LogP contribution is 2.56. The monoisotopic (exact) mass is 688 g/mol. The standard InChI is InChI=1S/C33H36Cl2F2N6O2S/c1-18(2)26-27(30(45)42-16-21(36)14-24(42)29(44)41-12-11-40(4)33(17-41)9-10-33)46-31-39-32(3,20-6-8-25(35)38-15-20)28(43(26)31)19-5-7-22(34)23(37)13-19/h5-8,13,15,18,21,24,28H,9-12,14,16-17H2,1-4H3/t21-,24-,28-,32+/m1/s1. The molecule has 2 aromatic rings. The van der Waals surface area contributed by atoms with E-state index < -0.39 is 29.6 Å². The molecule has 13 heteroatoms. The van der Waals surface area contributed by atoms with Crippen LogP contribution in [0.2, 0.25) is 10.2 Å². The fraction of sp³-hybridized carbons (Fsp3) is 0.515. The van der Waals surface area contributed by atoms with Crippen molar-refractivity contribution in [2.45, 2.75) is 69.4 Å². The summed E-state index contributed by atoms with van der Waals surface area (Å²) < 4.78 is 30.1. The molecule has 2 saturated heterocycles. The van der Waals surface area contributed by atoms with Crippen molar-refractivity contribution in [1.82, 2.24) is 24.6 Å². The number of aromatic nitrogens is 1. The summed E-state index contributed by atoms with van der Waals surface area (Å²) in [6.45, 7) is 7.69.